The molecule has 1 rings (SSSR count). The maximum Gasteiger partial charge on any atom is 0.0808 e. The van der Waals surface area contributed by atoms with Crippen LogP contribution < -0.4 is 5.73 Å². The average molecular weight is 187 g/mol. The van der Waals surface area contributed by atoms with Gasteiger partial charge in [0.15, 0.2) is 0 Å². The maximum atomic E-state index is 5.69. The van der Waals surface area contributed by atoms with Gasteiger partial charge in [0.2, 0.25) is 0 Å². The van der Waals surface area contributed by atoms with Crippen molar-refractivity contribution in [3.63, 3.8) is 0 Å². The van der Waals surface area contributed by atoms with Crippen LogP contribution in [-0.2, 0) is 9.47 Å². The van der Waals surface area contributed by atoms with Crippen molar-refractivity contribution in [1.29, 1.82) is 0 Å². The molecule has 1 aliphatic rings. The fourth-order valence-corrected chi connectivity index (χ4v) is 1.35. The molecule has 1 saturated heterocycles. The van der Waals surface area contributed by atoms with Gasteiger partial charge in [0, 0.05) is 12.6 Å². The number of hydrogen-bond acceptors (Lipinski definition) is 3. The second-order valence-corrected chi connectivity index (χ2v) is 3.89. The molecule has 0 radical (unpaired) electrons. The van der Waals surface area contributed by atoms with E-state index >= 15 is 0 Å². The van der Waals surface area contributed by atoms with Gasteiger partial charge in [-0.05, 0) is 33.1 Å². The molecule has 3 nitrogen and oxygen atoms in total. The van der Waals surface area contributed by atoms with E-state index in [2.05, 4.69) is 0 Å². The van der Waals surface area contributed by atoms with Crippen molar-refractivity contribution in [2.45, 2.75) is 51.4 Å². The molecule has 0 aromatic rings. The van der Waals surface area contributed by atoms with Crippen molar-refractivity contribution in [2.24, 2.45) is 5.73 Å². The van der Waals surface area contributed by atoms with Crippen LogP contribution in [0.1, 0.15) is 33.1 Å². The lowest BCUT2D eigenvalue weighted by Gasteiger charge is -2.25. The quantitative estimate of drug-likeness (QED) is 0.721. The van der Waals surface area contributed by atoms with Crippen LogP contribution in [-0.4, -0.2) is 31.5 Å². The van der Waals surface area contributed by atoms with Gasteiger partial charge in [-0.2, -0.15) is 0 Å². The van der Waals surface area contributed by atoms with E-state index in [1.807, 2.05) is 13.8 Å². The molecule has 0 aliphatic carbocycles. The first-order valence-electron chi connectivity index (χ1n) is 5.19. The summed E-state index contributed by atoms with van der Waals surface area (Å²) in [5.41, 5.74) is 5.69. The van der Waals surface area contributed by atoms with E-state index in [-0.39, 0.29) is 12.1 Å². The Morgan fingerprint density at radius 2 is 2.23 bits per heavy atom. The molecule has 3 atom stereocenters. The van der Waals surface area contributed by atoms with Crippen LogP contribution in [0.2, 0.25) is 0 Å². The van der Waals surface area contributed by atoms with Crippen molar-refractivity contribution in [2.75, 3.05) is 13.2 Å². The number of nitrogens with two attached hydrogens (primary N) is 1. The molecule has 1 aliphatic heterocycles. The third-order valence-electron chi connectivity index (χ3n) is 2.56. The summed E-state index contributed by atoms with van der Waals surface area (Å²) < 4.78 is 11.1. The summed E-state index contributed by atoms with van der Waals surface area (Å²) in [5, 5.41) is 0. The van der Waals surface area contributed by atoms with Gasteiger partial charge in [-0.25, -0.2) is 0 Å². The SMILES string of the molecule is CC(N)C(C)OCC1CCCCO1. The molecule has 0 amide bonds. The Hall–Kier alpha value is -0.120. The minimum atomic E-state index is 0.101. The van der Waals surface area contributed by atoms with Crippen molar-refractivity contribution in [1.82, 2.24) is 0 Å². The van der Waals surface area contributed by atoms with Crippen molar-refractivity contribution < 1.29 is 9.47 Å². The second-order valence-electron chi connectivity index (χ2n) is 3.89. The van der Waals surface area contributed by atoms with Crippen LogP contribution in [0.25, 0.3) is 0 Å². The summed E-state index contributed by atoms with van der Waals surface area (Å²) >= 11 is 0. The van der Waals surface area contributed by atoms with Crippen LogP contribution in [0, 0.1) is 0 Å². The highest BCUT2D eigenvalue weighted by molar-refractivity contribution is 4.66. The largest absolute Gasteiger partial charge is 0.376 e. The van der Waals surface area contributed by atoms with E-state index in [0.29, 0.717) is 12.7 Å². The molecule has 0 aromatic heterocycles. The minimum Gasteiger partial charge on any atom is -0.376 e. The van der Waals surface area contributed by atoms with Crippen molar-refractivity contribution in [3.05, 3.63) is 0 Å². The predicted octanol–water partition coefficient (Wildman–Crippen LogP) is 1.31. The third kappa shape index (κ3) is 4.07. The highest BCUT2D eigenvalue weighted by Crippen LogP contribution is 2.13. The zero-order valence-electron chi connectivity index (χ0n) is 8.66. The lowest BCUT2D eigenvalue weighted by molar-refractivity contribution is -0.0625. The lowest BCUT2D eigenvalue weighted by Crippen LogP contribution is -2.35. The van der Waals surface area contributed by atoms with Gasteiger partial charge in [-0.3, -0.25) is 0 Å². The first kappa shape index (κ1) is 11.0. The minimum absolute atomic E-state index is 0.101. The number of rotatable bonds is 4. The van der Waals surface area contributed by atoms with Gasteiger partial charge in [0.1, 0.15) is 0 Å². The molecule has 1 fully saturated rings. The molecule has 1 heterocycles. The highest BCUT2D eigenvalue weighted by Gasteiger charge is 2.16. The fraction of sp³-hybridized carbons (Fsp3) is 1.00. The van der Waals surface area contributed by atoms with Crippen LogP contribution in [0.3, 0.4) is 0 Å². The molecule has 3 unspecified atom stereocenters. The standard InChI is InChI=1S/C10H21NO2/c1-8(11)9(2)13-7-10-5-3-4-6-12-10/h8-10H,3-7,11H2,1-2H3. The van der Waals surface area contributed by atoms with Crippen molar-refractivity contribution in [3.8, 4) is 0 Å². The van der Waals surface area contributed by atoms with E-state index in [9.17, 15) is 0 Å². The molecular weight excluding hydrogens is 166 g/mol. The first-order valence-corrected chi connectivity index (χ1v) is 5.19. The third-order valence-corrected chi connectivity index (χ3v) is 2.56. The predicted molar refractivity (Wildman–Crippen MR) is 52.7 cm³/mol. The summed E-state index contributed by atoms with van der Waals surface area (Å²) in [7, 11) is 0. The Morgan fingerprint density at radius 3 is 2.77 bits per heavy atom. The van der Waals surface area contributed by atoms with Crippen LogP contribution in [0.5, 0.6) is 0 Å². The maximum absolute atomic E-state index is 5.69. The number of hydrogen-bond donors (Lipinski definition) is 1. The first-order chi connectivity index (χ1) is 6.20. The molecule has 78 valence electrons. The summed E-state index contributed by atoms with van der Waals surface area (Å²) in [4.78, 5) is 0. The molecular formula is C10H21NO2. The Labute approximate surface area is 80.6 Å². The summed E-state index contributed by atoms with van der Waals surface area (Å²) in [5.74, 6) is 0. The molecule has 2 N–H and O–H groups in total. The average Bonchev–Trinajstić information content (AvgIpc) is 2.15. The highest BCUT2D eigenvalue weighted by atomic mass is 16.5. The van der Waals surface area contributed by atoms with Crippen LogP contribution in [0.15, 0.2) is 0 Å². The Kier molecular flexibility index (Phi) is 4.70. The topological polar surface area (TPSA) is 44.5 Å². The molecule has 13 heavy (non-hydrogen) atoms. The molecule has 0 aromatic carbocycles. The van der Waals surface area contributed by atoms with Gasteiger partial charge in [0.05, 0.1) is 18.8 Å². The van der Waals surface area contributed by atoms with Gasteiger partial charge in [-0.1, -0.05) is 0 Å². The molecule has 0 spiro atoms. The van der Waals surface area contributed by atoms with E-state index in [1.165, 1.54) is 12.8 Å². The zero-order valence-corrected chi connectivity index (χ0v) is 8.66. The Morgan fingerprint density at radius 1 is 1.46 bits per heavy atom. The summed E-state index contributed by atoms with van der Waals surface area (Å²) in [6.07, 6.45) is 4.02. The molecule has 3 heteroatoms. The van der Waals surface area contributed by atoms with Crippen LogP contribution in [0.4, 0.5) is 0 Å². The van der Waals surface area contributed by atoms with E-state index in [4.69, 9.17) is 15.2 Å². The van der Waals surface area contributed by atoms with Crippen molar-refractivity contribution >= 4 is 0 Å². The van der Waals surface area contributed by atoms with Gasteiger partial charge in [-0.15, -0.1) is 0 Å². The second kappa shape index (κ2) is 5.58. The lowest BCUT2D eigenvalue weighted by atomic mass is 10.1. The van der Waals surface area contributed by atoms with Gasteiger partial charge >= 0.3 is 0 Å². The Bertz CT molecular complexity index is 133. The van der Waals surface area contributed by atoms with Gasteiger partial charge < -0.3 is 15.2 Å². The smallest absolute Gasteiger partial charge is 0.0808 e. The monoisotopic (exact) mass is 187 g/mol. The van der Waals surface area contributed by atoms with Crippen LogP contribution >= 0.6 is 0 Å². The van der Waals surface area contributed by atoms with E-state index in [0.717, 1.165) is 13.0 Å². The molecule has 0 saturated carbocycles. The normalized spacial score (nSPS) is 28.4. The number of ether oxygens (including phenoxy) is 2. The van der Waals surface area contributed by atoms with E-state index in [1.54, 1.807) is 0 Å². The summed E-state index contributed by atoms with van der Waals surface area (Å²) in [6, 6.07) is 0.101. The molecule has 0 bridgehead atoms. The Balaban J connectivity index is 2.10. The van der Waals surface area contributed by atoms with Gasteiger partial charge in [0.25, 0.3) is 0 Å². The summed E-state index contributed by atoms with van der Waals surface area (Å²) in [6.45, 7) is 5.56. The fourth-order valence-electron chi connectivity index (χ4n) is 1.35. The van der Waals surface area contributed by atoms with E-state index < -0.39 is 0 Å². The zero-order chi connectivity index (χ0) is 9.68.